The van der Waals surface area contributed by atoms with E-state index >= 15 is 0 Å². The molecule has 1 aromatic carbocycles. The zero-order valence-electron chi connectivity index (χ0n) is 11.2. The molecule has 0 radical (unpaired) electrons. The van der Waals surface area contributed by atoms with Crippen LogP contribution in [0.15, 0.2) is 28.7 Å². The average Bonchev–Trinajstić information content (AvgIpc) is 2.33. The predicted molar refractivity (Wildman–Crippen MR) is 78.5 cm³/mol. The summed E-state index contributed by atoms with van der Waals surface area (Å²) in [4.78, 5) is 0. The number of benzene rings is 1. The van der Waals surface area contributed by atoms with Crippen LogP contribution < -0.4 is 0 Å². The molecule has 0 bridgehead atoms. The fraction of sp³-hybridized carbons (Fsp3) is 0.538. The first-order valence-electron chi connectivity index (χ1n) is 6.32. The SMILES string of the molecule is CCO[Si](Cc1ccc(Br)cc1)(OCC)OCC. The lowest BCUT2D eigenvalue weighted by atomic mass is 10.2. The van der Waals surface area contributed by atoms with E-state index < -0.39 is 8.80 Å². The van der Waals surface area contributed by atoms with E-state index in [2.05, 4.69) is 28.1 Å². The van der Waals surface area contributed by atoms with Crippen LogP contribution in [0, 0.1) is 0 Å². The Morgan fingerprint density at radius 2 is 1.33 bits per heavy atom. The fourth-order valence-electron chi connectivity index (χ4n) is 1.79. The molecule has 0 amide bonds. The average molecular weight is 333 g/mol. The summed E-state index contributed by atoms with van der Waals surface area (Å²) >= 11 is 3.43. The Bertz CT molecular complexity index is 326. The van der Waals surface area contributed by atoms with Crippen LogP contribution in [0.2, 0.25) is 0 Å². The lowest BCUT2D eigenvalue weighted by Gasteiger charge is -2.28. The summed E-state index contributed by atoms with van der Waals surface area (Å²) in [5, 5.41) is 0. The normalized spacial score (nSPS) is 11.8. The third kappa shape index (κ3) is 4.82. The molecule has 3 nitrogen and oxygen atoms in total. The second-order valence-corrected chi connectivity index (χ2v) is 7.29. The van der Waals surface area contributed by atoms with Gasteiger partial charge in [0.1, 0.15) is 0 Å². The zero-order chi connectivity index (χ0) is 13.4. The van der Waals surface area contributed by atoms with E-state index in [1.807, 2.05) is 32.9 Å². The monoisotopic (exact) mass is 332 g/mol. The minimum absolute atomic E-state index is 0.614. The van der Waals surface area contributed by atoms with E-state index in [0.29, 0.717) is 19.8 Å². The molecule has 0 aliphatic carbocycles. The van der Waals surface area contributed by atoms with Gasteiger partial charge in [-0.15, -0.1) is 0 Å². The summed E-state index contributed by atoms with van der Waals surface area (Å²) in [6.07, 6.45) is 0. The molecule has 0 saturated heterocycles. The molecule has 0 atom stereocenters. The minimum atomic E-state index is -2.57. The number of hydrogen-bond acceptors (Lipinski definition) is 3. The van der Waals surface area contributed by atoms with E-state index in [-0.39, 0.29) is 0 Å². The molecular weight excluding hydrogens is 312 g/mol. The van der Waals surface area contributed by atoms with Crippen LogP contribution in [0.5, 0.6) is 0 Å². The van der Waals surface area contributed by atoms with Crippen LogP contribution in [0.1, 0.15) is 26.3 Å². The third-order valence-electron chi connectivity index (χ3n) is 2.43. The summed E-state index contributed by atoms with van der Waals surface area (Å²) < 4.78 is 18.6. The summed E-state index contributed by atoms with van der Waals surface area (Å²) in [7, 11) is -2.57. The maximum Gasteiger partial charge on any atom is 0.505 e. The Morgan fingerprint density at radius 3 is 1.72 bits per heavy atom. The molecule has 0 unspecified atom stereocenters. The van der Waals surface area contributed by atoms with Crippen LogP contribution in [0.3, 0.4) is 0 Å². The van der Waals surface area contributed by atoms with Gasteiger partial charge in [0.25, 0.3) is 0 Å². The lowest BCUT2D eigenvalue weighted by Crippen LogP contribution is -2.48. The van der Waals surface area contributed by atoms with Crippen LogP contribution in [-0.4, -0.2) is 28.6 Å². The van der Waals surface area contributed by atoms with E-state index in [0.717, 1.165) is 10.5 Å². The molecule has 1 aromatic rings. The standard InChI is InChI=1S/C13H21BrO3Si/c1-4-15-18(16-5-2,17-6-3)11-12-7-9-13(14)10-8-12/h7-10H,4-6,11H2,1-3H3. The van der Waals surface area contributed by atoms with Crippen molar-refractivity contribution in [1.82, 2.24) is 0 Å². The maximum atomic E-state index is 5.83. The molecule has 5 heteroatoms. The van der Waals surface area contributed by atoms with Gasteiger partial charge in [-0.3, -0.25) is 0 Å². The van der Waals surface area contributed by atoms with Crippen molar-refractivity contribution < 1.29 is 13.3 Å². The third-order valence-corrected chi connectivity index (χ3v) is 5.98. The molecule has 0 fully saturated rings. The van der Waals surface area contributed by atoms with Crippen LogP contribution in [-0.2, 0) is 19.3 Å². The first kappa shape index (κ1) is 15.9. The van der Waals surface area contributed by atoms with E-state index in [4.69, 9.17) is 13.3 Å². The lowest BCUT2D eigenvalue weighted by molar-refractivity contribution is 0.0704. The number of rotatable bonds is 8. The molecule has 0 heterocycles. The largest absolute Gasteiger partial charge is 0.505 e. The highest BCUT2D eigenvalue weighted by atomic mass is 79.9. The van der Waals surface area contributed by atoms with Gasteiger partial charge in [-0.25, -0.2) is 0 Å². The second-order valence-electron chi connectivity index (χ2n) is 3.79. The van der Waals surface area contributed by atoms with E-state index in [1.54, 1.807) is 0 Å². The first-order valence-corrected chi connectivity index (χ1v) is 9.04. The molecule has 0 N–H and O–H groups in total. The van der Waals surface area contributed by atoms with Gasteiger partial charge in [0, 0.05) is 30.3 Å². The Hall–Kier alpha value is -0.203. The second kappa shape index (κ2) is 8.07. The van der Waals surface area contributed by atoms with Gasteiger partial charge in [0.05, 0.1) is 0 Å². The molecule has 0 aliphatic heterocycles. The van der Waals surface area contributed by atoms with Gasteiger partial charge < -0.3 is 13.3 Å². The van der Waals surface area contributed by atoms with Crippen LogP contribution >= 0.6 is 15.9 Å². The van der Waals surface area contributed by atoms with Crippen molar-refractivity contribution in [3.8, 4) is 0 Å². The molecular formula is C13H21BrO3Si. The maximum absolute atomic E-state index is 5.83. The molecule has 0 saturated carbocycles. The Labute approximate surface area is 119 Å². The molecule has 0 aromatic heterocycles. The minimum Gasteiger partial charge on any atom is -0.374 e. The van der Waals surface area contributed by atoms with E-state index in [9.17, 15) is 0 Å². The predicted octanol–water partition coefficient (Wildman–Crippen LogP) is 3.58. The van der Waals surface area contributed by atoms with Crippen molar-refractivity contribution in [2.75, 3.05) is 19.8 Å². The Morgan fingerprint density at radius 1 is 0.889 bits per heavy atom. The van der Waals surface area contributed by atoms with E-state index in [1.165, 1.54) is 5.56 Å². The fourth-order valence-corrected chi connectivity index (χ4v) is 4.67. The van der Waals surface area contributed by atoms with Crippen molar-refractivity contribution in [2.24, 2.45) is 0 Å². The number of hydrogen-bond donors (Lipinski definition) is 0. The molecule has 18 heavy (non-hydrogen) atoms. The Balaban J connectivity index is 2.84. The molecule has 102 valence electrons. The van der Waals surface area contributed by atoms with Gasteiger partial charge in [-0.2, -0.15) is 0 Å². The van der Waals surface area contributed by atoms with Crippen molar-refractivity contribution in [1.29, 1.82) is 0 Å². The molecule has 0 spiro atoms. The van der Waals surface area contributed by atoms with Gasteiger partial charge in [-0.05, 0) is 38.5 Å². The number of halogens is 1. The van der Waals surface area contributed by atoms with Gasteiger partial charge >= 0.3 is 8.80 Å². The quantitative estimate of drug-likeness (QED) is 0.681. The topological polar surface area (TPSA) is 27.7 Å². The van der Waals surface area contributed by atoms with Crippen molar-refractivity contribution >= 4 is 24.7 Å². The van der Waals surface area contributed by atoms with Crippen molar-refractivity contribution in [3.63, 3.8) is 0 Å². The van der Waals surface area contributed by atoms with Crippen LogP contribution in [0.25, 0.3) is 0 Å². The molecule has 1 rings (SSSR count). The summed E-state index contributed by atoms with van der Waals surface area (Å²) in [5.74, 6) is 0. The summed E-state index contributed by atoms with van der Waals surface area (Å²) in [6.45, 7) is 7.76. The highest BCUT2D eigenvalue weighted by molar-refractivity contribution is 9.10. The van der Waals surface area contributed by atoms with Crippen molar-refractivity contribution in [2.45, 2.75) is 26.8 Å². The highest BCUT2D eigenvalue weighted by Crippen LogP contribution is 2.19. The van der Waals surface area contributed by atoms with Crippen LogP contribution in [0.4, 0.5) is 0 Å². The first-order chi connectivity index (χ1) is 8.65. The summed E-state index contributed by atoms with van der Waals surface area (Å²) in [6, 6.07) is 8.91. The van der Waals surface area contributed by atoms with Crippen molar-refractivity contribution in [3.05, 3.63) is 34.3 Å². The Kier molecular flexibility index (Phi) is 7.10. The zero-order valence-corrected chi connectivity index (χ0v) is 13.8. The van der Waals surface area contributed by atoms with Gasteiger partial charge in [0.2, 0.25) is 0 Å². The van der Waals surface area contributed by atoms with Gasteiger partial charge in [0.15, 0.2) is 0 Å². The smallest absolute Gasteiger partial charge is 0.374 e. The van der Waals surface area contributed by atoms with Gasteiger partial charge in [-0.1, -0.05) is 28.1 Å². The highest BCUT2D eigenvalue weighted by Gasteiger charge is 2.40. The molecule has 0 aliphatic rings. The summed E-state index contributed by atoms with van der Waals surface area (Å²) in [5.41, 5.74) is 1.18.